The largest absolute Gasteiger partial charge is 0.323 e. The highest BCUT2D eigenvalue weighted by atomic mass is 79.9. The van der Waals surface area contributed by atoms with Gasteiger partial charge in [-0.2, -0.15) is 5.10 Å². The minimum absolute atomic E-state index is 0.0331. The van der Waals surface area contributed by atoms with E-state index in [0.717, 1.165) is 23.1 Å². The average molecular weight is 314 g/mol. The van der Waals surface area contributed by atoms with Crippen molar-refractivity contribution in [1.82, 2.24) is 9.78 Å². The van der Waals surface area contributed by atoms with Crippen molar-refractivity contribution in [3.8, 4) is 0 Å². The number of hydrogen-bond acceptors (Lipinski definition) is 3. The lowest BCUT2D eigenvalue weighted by molar-refractivity contribution is 0.589. The van der Waals surface area contributed by atoms with E-state index in [1.54, 1.807) is 11.3 Å². The summed E-state index contributed by atoms with van der Waals surface area (Å²) >= 11 is 5.22. The van der Waals surface area contributed by atoms with Crippen molar-refractivity contribution in [1.29, 1.82) is 0 Å². The van der Waals surface area contributed by atoms with Gasteiger partial charge in [0.25, 0.3) is 0 Å². The Balaban J connectivity index is 2.18. The van der Waals surface area contributed by atoms with Crippen molar-refractivity contribution in [3.63, 3.8) is 0 Å². The van der Waals surface area contributed by atoms with Gasteiger partial charge in [0.2, 0.25) is 0 Å². The van der Waals surface area contributed by atoms with Gasteiger partial charge in [-0.05, 0) is 47.3 Å². The van der Waals surface area contributed by atoms with Crippen LogP contribution in [0.4, 0.5) is 0 Å². The quantitative estimate of drug-likeness (QED) is 0.941. The van der Waals surface area contributed by atoms with Gasteiger partial charge < -0.3 is 5.73 Å². The molecule has 3 nitrogen and oxygen atoms in total. The third-order valence-electron chi connectivity index (χ3n) is 2.70. The number of aryl methyl sites for hydroxylation is 2. The first-order chi connectivity index (χ1) is 8.11. The summed E-state index contributed by atoms with van der Waals surface area (Å²) < 4.78 is 3.13. The minimum atomic E-state index is 0.0331. The van der Waals surface area contributed by atoms with Gasteiger partial charge in [0.15, 0.2) is 0 Å². The van der Waals surface area contributed by atoms with E-state index in [-0.39, 0.29) is 6.04 Å². The van der Waals surface area contributed by atoms with Crippen LogP contribution in [-0.4, -0.2) is 9.78 Å². The highest BCUT2D eigenvalue weighted by Crippen LogP contribution is 2.29. The molecule has 0 aliphatic rings. The SMILES string of the molecule is CCn1nc(C)cc1CC(N)c1sccc1Br. The molecule has 1 unspecified atom stereocenters. The standard InChI is InChI=1S/C12H16BrN3S/c1-3-16-9(6-8(2)15-16)7-11(14)12-10(13)4-5-17-12/h4-6,11H,3,7,14H2,1-2H3. The topological polar surface area (TPSA) is 43.8 Å². The predicted molar refractivity (Wildman–Crippen MR) is 75.3 cm³/mol. The number of rotatable bonds is 4. The van der Waals surface area contributed by atoms with Gasteiger partial charge in [0.05, 0.1) is 5.69 Å². The third kappa shape index (κ3) is 2.78. The van der Waals surface area contributed by atoms with Crippen LogP contribution in [0.15, 0.2) is 22.0 Å². The number of nitrogens with zero attached hydrogens (tertiary/aromatic N) is 2. The predicted octanol–water partition coefficient (Wildman–Crippen LogP) is 3.28. The molecule has 2 rings (SSSR count). The van der Waals surface area contributed by atoms with E-state index in [2.05, 4.69) is 39.4 Å². The van der Waals surface area contributed by atoms with Gasteiger partial charge in [-0.25, -0.2) is 0 Å². The molecule has 5 heteroatoms. The fourth-order valence-corrected chi connectivity index (χ4v) is 3.60. The van der Waals surface area contributed by atoms with Gasteiger partial charge in [-0.1, -0.05) is 0 Å². The van der Waals surface area contributed by atoms with E-state index >= 15 is 0 Å². The first kappa shape index (κ1) is 12.8. The summed E-state index contributed by atoms with van der Waals surface area (Å²) in [7, 11) is 0. The zero-order valence-electron chi connectivity index (χ0n) is 9.98. The minimum Gasteiger partial charge on any atom is -0.323 e. The van der Waals surface area contributed by atoms with Gasteiger partial charge in [0.1, 0.15) is 0 Å². The van der Waals surface area contributed by atoms with Gasteiger partial charge in [-0.15, -0.1) is 11.3 Å². The molecule has 0 radical (unpaired) electrons. The van der Waals surface area contributed by atoms with Crippen molar-refractivity contribution in [2.24, 2.45) is 5.73 Å². The number of hydrogen-bond donors (Lipinski definition) is 1. The molecule has 2 heterocycles. The van der Waals surface area contributed by atoms with E-state index in [1.807, 2.05) is 17.7 Å². The first-order valence-electron chi connectivity index (χ1n) is 5.63. The second kappa shape index (κ2) is 5.33. The molecule has 0 saturated heterocycles. The molecule has 0 aliphatic carbocycles. The summed E-state index contributed by atoms with van der Waals surface area (Å²) in [6.45, 7) is 5.01. The van der Waals surface area contributed by atoms with Gasteiger partial charge >= 0.3 is 0 Å². The fourth-order valence-electron chi connectivity index (χ4n) is 1.93. The molecular formula is C12H16BrN3S. The maximum absolute atomic E-state index is 6.24. The molecule has 0 aromatic carbocycles. The molecule has 2 aromatic heterocycles. The van der Waals surface area contributed by atoms with Crippen LogP contribution in [0.25, 0.3) is 0 Å². The smallest absolute Gasteiger partial charge is 0.0596 e. The van der Waals surface area contributed by atoms with E-state index in [4.69, 9.17) is 5.73 Å². The van der Waals surface area contributed by atoms with Crippen molar-refractivity contribution < 1.29 is 0 Å². The maximum atomic E-state index is 6.24. The Morgan fingerprint density at radius 3 is 2.94 bits per heavy atom. The highest BCUT2D eigenvalue weighted by Gasteiger charge is 2.14. The molecule has 0 aliphatic heterocycles. The summed E-state index contributed by atoms with van der Waals surface area (Å²) in [5, 5.41) is 6.50. The van der Waals surface area contributed by atoms with Crippen LogP contribution < -0.4 is 5.73 Å². The van der Waals surface area contributed by atoms with E-state index in [1.165, 1.54) is 10.6 Å². The number of aromatic nitrogens is 2. The van der Waals surface area contributed by atoms with Crippen molar-refractivity contribution in [2.75, 3.05) is 0 Å². The lowest BCUT2D eigenvalue weighted by atomic mass is 10.1. The summed E-state index contributed by atoms with van der Waals surface area (Å²) in [6, 6.07) is 4.19. The maximum Gasteiger partial charge on any atom is 0.0596 e. The monoisotopic (exact) mass is 313 g/mol. The molecule has 92 valence electrons. The third-order valence-corrected chi connectivity index (χ3v) is 4.70. The molecule has 0 fully saturated rings. The lowest BCUT2D eigenvalue weighted by Crippen LogP contribution is -2.15. The van der Waals surface area contributed by atoms with Crippen LogP contribution in [0.5, 0.6) is 0 Å². The van der Waals surface area contributed by atoms with Crippen LogP contribution in [0.3, 0.4) is 0 Å². The van der Waals surface area contributed by atoms with E-state index < -0.39 is 0 Å². The average Bonchev–Trinajstić information content (AvgIpc) is 2.84. The van der Waals surface area contributed by atoms with Gasteiger partial charge in [0, 0.05) is 34.1 Å². The molecule has 0 amide bonds. The molecule has 0 spiro atoms. The molecule has 2 N–H and O–H groups in total. The molecule has 17 heavy (non-hydrogen) atoms. The molecule has 2 aromatic rings. The Kier molecular flexibility index (Phi) is 4.01. The van der Waals surface area contributed by atoms with Crippen molar-refractivity contribution >= 4 is 27.3 Å². The molecule has 0 bridgehead atoms. The van der Waals surface area contributed by atoms with Crippen LogP contribution in [0, 0.1) is 6.92 Å². The van der Waals surface area contributed by atoms with Crippen LogP contribution >= 0.6 is 27.3 Å². The number of nitrogens with two attached hydrogens (primary N) is 1. The Hall–Kier alpha value is -0.650. The summed E-state index contributed by atoms with van der Waals surface area (Å²) in [5.74, 6) is 0. The second-order valence-corrected chi connectivity index (χ2v) is 5.84. The number of halogens is 1. The second-order valence-electron chi connectivity index (χ2n) is 4.04. The van der Waals surface area contributed by atoms with Crippen LogP contribution in [0.1, 0.15) is 29.2 Å². The Morgan fingerprint density at radius 1 is 1.59 bits per heavy atom. The Morgan fingerprint density at radius 2 is 2.35 bits per heavy atom. The molecular weight excluding hydrogens is 298 g/mol. The van der Waals surface area contributed by atoms with Crippen LogP contribution in [-0.2, 0) is 13.0 Å². The molecule has 1 atom stereocenters. The zero-order valence-corrected chi connectivity index (χ0v) is 12.4. The Labute approximate surface area is 114 Å². The molecule has 0 saturated carbocycles. The summed E-state index contributed by atoms with van der Waals surface area (Å²) in [5.41, 5.74) is 8.51. The summed E-state index contributed by atoms with van der Waals surface area (Å²) in [6.07, 6.45) is 0.827. The van der Waals surface area contributed by atoms with E-state index in [0.29, 0.717) is 0 Å². The van der Waals surface area contributed by atoms with Crippen molar-refractivity contribution in [3.05, 3.63) is 38.3 Å². The highest BCUT2D eigenvalue weighted by molar-refractivity contribution is 9.10. The fraction of sp³-hybridized carbons (Fsp3) is 0.417. The van der Waals surface area contributed by atoms with Gasteiger partial charge in [-0.3, -0.25) is 4.68 Å². The lowest BCUT2D eigenvalue weighted by Gasteiger charge is -2.11. The summed E-state index contributed by atoms with van der Waals surface area (Å²) in [4.78, 5) is 1.20. The van der Waals surface area contributed by atoms with Crippen LogP contribution in [0.2, 0.25) is 0 Å². The first-order valence-corrected chi connectivity index (χ1v) is 7.31. The van der Waals surface area contributed by atoms with E-state index in [9.17, 15) is 0 Å². The normalized spacial score (nSPS) is 12.9. The number of thiophene rings is 1. The van der Waals surface area contributed by atoms with Crippen molar-refractivity contribution in [2.45, 2.75) is 32.9 Å². The Bertz CT molecular complexity index is 504. The zero-order chi connectivity index (χ0) is 12.4.